The quantitative estimate of drug-likeness (QED) is 0.0734. The number of piperidine rings is 2. The topological polar surface area (TPSA) is 192 Å². The summed E-state index contributed by atoms with van der Waals surface area (Å²) in [5.41, 5.74) is -3.09. The standard InChI is InChI=1S/C47H56F8N14O5/c1-25(74-40-9-7-8-18-73-40)41-60-30-22-59-39(20-33(30)67(41)26(2)46(50,51)52)69(38-11-15-57-44(64-38)66-17-13-35(72-6)29(49)24-66)45(4,70)42-61-31-21-58-37(19-32(31)68(42)27(3)47(53,54)55)62-36-10-14-56-43(63-36)65-16-12-34(71-5)28(48)23-65/h10-11,14-15,19-22,25-29,34-35,40,70H,7-9,12-13,16-18,23-24H2,1-6H3,(H,56,58,62,63)/t25-,26+,27+,28+,29+,34-,35-,40?,45+/m1/s1. The minimum atomic E-state index is -4.96. The van der Waals surface area contributed by atoms with Crippen molar-refractivity contribution in [2.24, 2.45) is 0 Å². The van der Waals surface area contributed by atoms with Crippen molar-refractivity contribution in [3.8, 4) is 0 Å². The number of aliphatic hydroxyl groups is 1. The lowest BCUT2D eigenvalue weighted by Crippen LogP contribution is -2.47. The predicted molar refractivity (Wildman–Crippen MR) is 254 cm³/mol. The van der Waals surface area contributed by atoms with Gasteiger partial charge in [0.25, 0.3) is 0 Å². The number of halogens is 8. The number of ether oxygens (including phenoxy) is 4. The molecule has 3 aliphatic rings. The second kappa shape index (κ2) is 20.9. The molecular weight excluding hydrogens is 993 g/mol. The molecule has 6 aromatic rings. The summed E-state index contributed by atoms with van der Waals surface area (Å²) in [4.78, 5) is 40.1. The number of hydrogen-bond acceptors (Lipinski definition) is 17. The van der Waals surface area contributed by atoms with Gasteiger partial charge in [-0.3, -0.25) is 4.90 Å². The lowest BCUT2D eigenvalue weighted by molar-refractivity contribution is -0.190. The van der Waals surface area contributed by atoms with Crippen LogP contribution in [0, 0.1) is 0 Å². The van der Waals surface area contributed by atoms with Crippen LogP contribution in [0.25, 0.3) is 22.1 Å². The molecule has 400 valence electrons. The molecule has 0 saturated carbocycles. The number of hydrogen-bond donors (Lipinski definition) is 2. The van der Waals surface area contributed by atoms with Crippen LogP contribution in [0.5, 0.6) is 0 Å². The van der Waals surface area contributed by atoms with Gasteiger partial charge in [-0.15, -0.1) is 0 Å². The molecule has 9 heterocycles. The minimum absolute atomic E-state index is 0.0000497. The van der Waals surface area contributed by atoms with E-state index in [1.54, 1.807) is 11.8 Å². The van der Waals surface area contributed by atoms with Crippen LogP contribution < -0.4 is 20.0 Å². The molecule has 1 unspecified atom stereocenters. The number of nitrogens with zero attached hydrogens (tertiary/aromatic N) is 13. The van der Waals surface area contributed by atoms with Crippen molar-refractivity contribution in [2.45, 2.75) is 127 Å². The van der Waals surface area contributed by atoms with Crippen molar-refractivity contribution in [3.63, 3.8) is 0 Å². The number of anilines is 6. The molecule has 9 rings (SSSR count). The van der Waals surface area contributed by atoms with E-state index in [1.807, 2.05) is 0 Å². The number of aromatic nitrogens is 10. The van der Waals surface area contributed by atoms with Crippen molar-refractivity contribution < 1.29 is 59.2 Å². The highest BCUT2D eigenvalue weighted by Crippen LogP contribution is 2.44. The summed E-state index contributed by atoms with van der Waals surface area (Å²) in [6.45, 7) is 5.30. The van der Waals surface area contributed by atoms with Crippen LogP contribution in [-0.2, 0) is 24.7 Å². The molecule has 0 aromatic carbocycles. The Hall–Kier alpha value is -6.16. The molecule has 6 aromatic heterocycles. The Morgan fingerprint density at radius 3 is 1.92 bits per heavy atom. The summed E-state index contributed by atoms with van der Waals surface area (Å²) in [5, 5.41) is 16.2. The molecule has 3 aliphatic heterocycles. The fourth-order valence-electron chi connectivity index (χ4n) is 9.66. The zero-order valence-electron chi connectivity index (χ0n) is 41.2. The second-order valence-electron chi connectivity index (χ2n) is 18.7. The van der Waals surface area contributed by atoms with Crippen molar-refractivity contribution >= 4 is 57.2 Å². The van der Waals surface area contributed by atoms with Gasteiger partial charge in [0.2, 0.25) is 17.6 Å². The van der Waals surface area contributed by atoms with E-state index in [1.165, 1.54) is 68.2 Å². The molecule has 74 heavy (non-hydrogen) atoms. The number of pyridine rings is 2. The minimum Gasteiger partial charge on any atom is -0.378 e. The molecule has 3 saturated heterocycles. The Bertz CT molecular complexity index is 2920. The highest BCUT2D eigenvalue weighted by atomic mass is 19.4. The summed E-state index contributed by atoms with van der Waals surface area (Å²) >= 11 is 0. The van der Waals surface area contributed by atoms with E-state index in [9.17, 15) is 22.7 Å². The Morgan fingerprint density at radius 1 is 0.716 bits per heavy atom. The molecule has 0 amide bonds. The summed E-state index contributed by atoms with van der Waals surface area (Å²) < 4.78 is 145. The highest BCUT2D eigenvalue weighted by Gasteiger charge is 2.47. The SMILES string of the molecule is CO[C@@H]1CCN(c2nccc(Nc3cc4c(cn3)nc([C@](C)(O)N(c3cc5c(cn3)nc([C@@H](C)OC3CCCCO3)n5[C@@H](C)C(F)(F)F)c3ccnc(N5CC[C@@H](OC)[C@@H](F)C5)n3)n4[C@@H](C)C(F)(F)F)n2)C[C@@H]1F. The Kier molecular flexibility index (Phi) is 14.9. The number of rotatable bonds is 15. The first-order valence-electron chi connectivity index (χ1n) is 24.1. The molecule has 0 spiro atoms. The van der Waals surface area contributed by atoms with Crippen LogP contribution in [0.3, 0.4) is 0 Å². The van der Waals surface area contributed by atoms with Crippen molar-refractivity contribution in [2.75, 3.05) is 67.0 Å². The number of methoxy groups -OCH3 is 2. The maximum absolute atomic E-state index is 15.3. The fraction of sp³-hybridized carbons (Fsp3) is 0.574. The zero-order valence-corrected chi connectivity index (χ0v) is 41.2. The summed E-state index contributed by atoms with van der Waals surface area (Å²) in [7, 11) is 2.83. The maximum atomic E-state index is 15.3. The van der Waals surface area contributed by atoms with E-state index in [-0.39, 0.29) is 89.1 Å². The number of fused-ring (bicyclic) bond motifs is 2. The summed E-state index contributed by atoms with van der Waals surface area (Å²) in [5.74, 6) is -0.896. The van der Waals surface area contributed by atoms with Crippen LogP contribution in [0.1, 0.15) is 89.6 Å². The zero-order chi connectivity index (χ0) is 52.9. The predicted octanol–water partition coefficient (Wildman–Crippen LogP) is 8.48. The monoisotopic (exact) mass is 1050 g/mol. The summed E-state index contributed by atoms with van der Waals surface area (Å²) in [6.07, 6.45) is -7.75. The maximum Gasteiger partial charge on any atom is 0.408 e. The van der Waals surface area contributed by atoms with Crippen LogP contribution in [0.4, 0.5) is 70.3 Å². The Labute approximate surface area is 419 Å². The Balaban J connectivity index is 1.17. The molecule has 27 heteroatoms. The van der Waals surface area contributed by atoms with Gasteiger partial charge in [-0.25, -0.2) is 38.7 Å². The third-order valence-corrected chi connectivity index (χ3v) is 13.7. The first-order valence-corrected chi connectivity index (χ1v) is 24.1. The van der Waals surface area contributed by atoms with Gasteiger partial charge in [0.1, 0.15) is 70.7 Å². The van der Waals surface area contributed by atoms with Gasteiger partial charge in [0.05, 0.1) is 48.7 Å². The second-order valence-corrected chi connectivity index (χ2v) is 18.7. The van der Waals surface area contributed by atoms with Gasteiger partial charge in [-0.2, -0.15) is 36.3 Å². The number of imidazole rings is 2. The fourth-order valence-corrected chi connectivity index (χ4v) is 9.66. The normalized spacial score (nSPS) is 23.2. The van der Waals surface area contributed by atoms with E-state index in [4.69, 9.17) is 18.9 Å². The highest BCUT2D eigenvalue weighted by molar-refractivity contribution is 5.82. The molecule has 0 aliphatic carbocycles. The molecule has 3 fully saturated rings. The third kappa shape index (κ3) is 10.6. The van der Waals surface area contributed by atoms with Crippen LogP contribution in [-0.4, -0.2) is 144 Å². The van der Waals surface area contributed by atoms with Crippen LogP contribution >= 0.6 is 0 Å². The van der Waals surface area contributed by atoms with Crippen molar-refractivity contribution in [1.82, 2.24) is 49.0 Å². The number of nitrogens with one attached hydrogen (secondary N) is 1. The van der Waals surface area contributed by atoms with Crippen LogP contribution in [0.2, 0.25) is 0 Å². The Morgan fingerprint density at radius 2 is 1.31 bits per heavy atom. The lowest BCUT2D eigenvalue weighted by Gasteiger charge is -2.38. The van der Waals surface area contributed by atoms with E-state index in [0.29, 0.717) is 26.0 Å². The van der Waals surface area contributed by atoms with E-state index in [2.05, 4.69) is 45.2 Å². The van der Waals surface area contributed by atoms with E-state index < -0.39 is 72.9 Å². The van der Waals surface area contributed by atoms with Crippen molar-refractivity contribution in [3.05, 3.63) is 60.7 Å². The van der Waals surface area contributed by atoms with E-state index in [0.717, 1.165) is 47.6 Å². The first-order chi connectivity index (χ1) is 35.2. The lowest BCUT2D eigenvalue weighted by atomic mass is 10.1. The molecular formula is C47H56F8N14O5. The largest absolute Gasteiger partial charge is 0.408 e. The van der Waals surface area contributed by atoms with Gasteiger partial charge < -0.3 is 48.3 Å². The average Bonchev–Trinajstić information content (AvgIpc) is 3.95. The first kappa shape index (κ1) is 52.7. The van der Waals surface area contributed by atoms with Gasteiger partial charge in [0.15, 0.2) is 12.1 Å². The van der Waals surface area contributed by atoms with Gasteiger partial charge in [0, 0.05) is 58.4 Å². The van der Waals surface area contributed by atoms with Gasteiger partial charge in [-0.1, -0.05) is 0 Å². The molecule has 2 N–H and O–H groups in total. The van der Waals surface area contributed by atoms with Gasteiger partial charge in [-0.05, 0) is 71.9 Å². The molecule has 19 nitrogen and oxygen atoms in total. The van der Waals surface area contributed by atoms with Gasteiger partial charge >= 0.3 is 12.4 Å². The van der Waals surface area contributed by atoms with Crippen LogP contribution in [0.15, 0.2) is 49.1 Å². The molecule has 0 radical (unpaired) electrons. The molecule has 9 atom stereocenters. The number of alkyl halides is 8. The average molecular weight is 1050 g/mol. The third-order valence-electron chi connectivity index (χ3n) is 13.7. The van der Waals surface area contributed by atoms with Crippen molar-refractivity contribution in [1.29, 1.82) is 0 Å². The molecule has 0 bridgehead atoms. The summed E-state index contributed by atoms with van der Waals surface area (Å²) in [6, 6.07) is 0.714. The van der Waals surface area contributed by atoms with E-state index >= 15 is 17.6 Å². The smallest absolute Gasteiger partial charge is 0.378 e.